The zero-order chi connectivity index (χ0) is 17.8. The molecule has 3 rings (SSSR count). The number of hydrogen-bond acceptors (Lipinski definition) is 4. The van der Waals surface area contributed by atoms with Gasteiger partial charge in [-0.3, -0.25) is 19.4 Å². The lowest BCUT2D eigenvalue weighted by Crippen LogP contribution is -2.56. The van der Waals surface area contributed by atoms with Gasteiger partial charge in [0.15, 0.2) is 0 Å². The molecule has 0 radical (unpaired) electrons. The Morgan fingerprint density at radius 3 is 2.32 bits per heavy atom. The van der Waals surface area contributed by atoms with Crippen LogP contribution in [0.5, 0.6) is 0 Å². The predicted molar refractivity (Wildman–Crippen MR) is 98.2 cm³/mol. The lowest BCUT2D eigenvalue weighted by molar-refractivity contribution is -0.129. The van der Waals surface area contributed by atoms with Gasteiger partial charge in [0.1, 0.15) is 0 Å². The average Bonchev–Trinajstić information content (AvgIpc) is 3.40. The fourth-order valence-electron chi connectivity index (χ4n) is 4.01. The first kappa shape index (κ1) is 18.6. The van der Waals surface area contributed by atoms with E-state index in [1.807, 2.05) is 6.92 Å². The first-order chi connectivity index (χ1) is 12.0. The van der Waals surface area contributed by atoms with Crippen molar-refractivity contribution < 1.29 is 9.59 Å². The van der Waals surface area contributed by atoms with Crippen molar-refractivity contribution in [1.29, 1.82) is 0 Å². The third-order valence-electron chi connectivity index (χ3n) is 6.08. The standard InChI is InChI=1S/C19H34N4O2/c1-14-5-3-4-6-17(14)21-19(25)15(2)23-11-9-22(10-12-23)13-18(24)20-16-7-8-16/h14-17H,3-13H2,1-2H3,(H,20,24)(H,21,25). The molecule has 3 unspecified atom stereocenters. The minimum absolute atomic E-state index is 0.0865. The van der Waals surface area contributed by atoms with Crippen molar-refractivity contribution in [1.82, 2.24) is 20.4 Å². The van der Waals surface area contributed by atoms with Crippen molar-refractivity contribution >= 4 is 11.8 Å². The zero-order valence-corrected chi connectivity index (χ0v) is 15.8. The van der Waals surface area contributed by atoms with E-state index < -0.39 is 0 Å². The number of rotatable bonds is 6. The van der Waals surface area contributed by atoms with E-state index in [9.17, 15) is 9.59 Å². The monoisotopic (exact) mass is 350 g/mol. The molecule has 6 nitrogen and oxygen atoms in total. The summed E-state index contributed by atoms with van der Waals surface area (Å²) in [6, 6.07) is 0.687. The quantitative estimate of drug-likeness (QED) is 0.749. The second-order valence-electron chi connectivity index (χ2n) is 8.21. The maximum atomic E-state index is 12.6. The molecule has 25 heavy (non-hydrogen) atoms. The molecule has 3 atom stereocenters. The van der Waals surface area contributed by atoms with Crippen LogP contribution in [-0.2, 0) is 9.59 Å². The van der Waals surface area contributed by atoms with Crippen molar-refractivity contribution in [2.45, 2.75) is 70.5 Å². The maximum Gasteiger partial charge on any atom is 0.237 e. The molecule has 0 aromatic heterocycles. The van der Waals surface area contributed by atoms with Crippen LogP contribution < -0.4 is 10.6 Å². The van der Waals surface area contributed by atoms with Crippen LogP contribution in [0.4, 0.5) is 0 Å². The highest BCUT2D eigenvalue weighted by Gasteiger charge is 2.30. The van der Waals surface area contributed by atoms with Crippen molar-refractivity contribution in [3.8, 4) is 0 Å². The lowest BCUT2D eigenvalue weighted by atomic mass is 9.86. The average molecular weight is 351 g/mol. The van der Waals surface area contributed by atoms with E-state index in [1.54, 1.807) is 0 Å². The van der Waals surface area contributed by atoms with Crippen LogP contribution in [0.15, 0.2) is 0 Å². The Balaban J connectivity index is 1.38. The topological polar surface area (TPSA) is 64.7 Å². The molecule has 2 amide bonds. The Morgan fingerprint density at radius 1 is 1.00 bits per heavy atom. The molecular weight excluding hydrogens is 316 g/mol. The highest BCUT2D eigenvalue weighted by Crippen LogP contribution is 2.24. The Bertz CT molecular complexity index is 472. The van der Waals surface area contributed by atoms with E-state index in [2.05, 4.69) is 27.4 Å². The van der Waals surface area contributed by atoms with Gasteiger partial charge >= 0.3 is 0 Å². The number of carbonyl (C=O) groups is 2. The number of carbonyl (C=O) groups excluding carboxylic acids is 2. The van der Waals surface area contributed by atoms with E-state index in [4.69, 9.17) is 0 Å². The van der Waals surface area contributed by atoms with Gasteiger partial charge in [0.2, 0.25) is 11.8 Å². The molecule has 2 aliphatic carbocycles. The Hall–Kier alpha value is -1.14. The molecule has 1 saturated heterocycles. The van der Waals surface area contributed by atoms with Crippen molar-refractivity contribution in [3.05, 3.63) is 0 Å². The summed E-state index contributed by atoms with van der Waals surface area (Å²) in [5.74, 6) is 0.901. The molecule has 0 bridgehead atoms. The summed E-state index contributed by atoms with van der Waals surface area (Å²) < 4.78 is 0. The molecule has 0 aromatic carbocycles. The molecule has 6 heteroatoms. The van der Waals surface area contributed by atoms with Crippen LogP contribution in [-0.4, -0.2) is 72.5 Å². The van der Waals surface area contributed by atoms with Gasteiger partial charge in [-0.2, -0.15) is 0 Å². The summed E-state index contributed by atoms with van der Waals surface area (Å²) in [6.07, 6.45) is 7.12. The smallest absolute Gasteiger partial charge is 0.237 e. The highest BCUT2D eigenvalue weighted by molar-refractivity contribution is 5.81. The minimum atomic E-state index is -0.0865. The van der Waals surface area contributed by atoms with Crippen LogP contribution >= 0.6 is 0 Å². The van der Waals surface area contributed by atoms with Gasteiger partial charge in [0, 0.05) is 38.3 Å². The van der Waals surface area contributed by atoms with E-state index in [0.717, 1.165) is 45.4 Å². The minimum Gasteiger partial charge on any atom is -0.352 e. The Kier molecular flexibility index (Phi) is 6.34. The predicted octanol–water partition coefficient (Wildman–Crippen LogP) is 0.966. The summed E-state index contributed by atoms with van der Waals surface area (Å²) in [6.45, 7) is 8.17. The Labute approximate surface area is 151 Å². The number of nitrogens with one attached hydrogen (secondary N) is 2. The second kappa shape index (κ2) is 8.49. The van der Waals surface area contributed by atoms with Gasteiger partial charge < -0.3 is 10.6 Å². The zero-order valence-electron chi connectivity index (χ0n) is 15.8. The molecule has 142 valence electrons. The van der Waals surface area contributed by atoms with E-state index >= 15 is 0 Å². The van der Waals surface area contributed by atoms with E-state index in [1.165, 1.54) is 19.3 Å². The third-order valence-corrected chi connectivity index (χ3v) is 6.08. The number of nitrogens with zero attached hydrogens (tertiary/aromatic N) is 2. The molecular formula is C19H34N4O2. The van der Waals surface area contributed by atoms with Crippen LogP contribution in [0, 0.1) is 5.92 Å². The van der Waals surface area contributed by atoms with Crippen molar-refractivity contribution in [2.24, 2.45) is 5.92 Å². The van der Waals surface area contributed by atoms with Gasteiger partial charge in [-0.25, -0.2) is 0 Å². The third kappa shape index (κ3) is 5.42. The largest absolute Gasteiger partial charge is 0.352 e. The molecule has 3 fully saturated rings. The molecule has 1 aliphatic heterocycles. The van der Waals surface area contributed by atoms with Crippen LogP contribution in [0.25, 0.3) is 0 Å². The number of hydrogen-bond donors (Lipinski definition) is 2. The van der Waals surface area contributed by atoms with Crippen LogP contribution in [0.2, 0.25) is 0 Å². The fourth-order valence-corrected chi connectivity index (χ4v) is 4.01. The SMILES string of the molecule is CC1CCCCC1NC(=O)C(C)N1CCN(CC(=O)NC2CC2)CC1. The van der Waals surface area contributed by atoms with Crippen LogP contribution in [0.3, 0.4) is 0 Å². The number of piperazine rings is 1. The van der Waals surface area contributed by atoms with Gasteiger partial charge in [0.25, 0.3) is 0 Å². The molecule has 0 aromatic rings. The molecule has 1 heterocycles. The van der Waals surface area contributed by atoms with Gasteiger partial charge in [-0.05, 0) is 38.5 Å². The fraction of sp³-hybridized carbons (Fsp3) is 0.895. The van der Waals surface area contributed by atoms with Crippen LogP contribution in [0.1, 0.15) is 52.4 Å². The highest BCUT2D eigenvalue weighted by atomic mass is 16.2. The van der Waals surface area contributed by atoms with Crippen molar-refractivity contribution in [3.63, 3.8) is 0 Å². The molecule has 2 N–H and O–H groups in total. The van der Waals surface area contributed by atoms with E-state index in [0.29, 0.717) is 24.5 Å². The summed E-state index contributed by atoms with van der Waals surface area (Å²) >= 11 is 0. The molecule has 3 aliphatic rings. The summed E-state index contributed by atoms with van der Waals surface area (Å²) in [5.41, 5.74) is 0. The summed E-state index contributed by atoms with van der Waals surface area (Å²) in [4.78, 5) is 29.0. The Morgan fingerprint density at radius 2 is 1.68 bits per heavy atom. The second-order valence-corrected chi connectivity index (χ2v) is 8.21. The van der Waals surface area contributed by atoms with Gasteiger partial charge in [0.05, 0.1) is 12.6 Å². The van der Waals surface area contributed by atoms with Crippen molar-refractivity contribution in [2.75, 3.05) is 32.7 Å². The number of amides is 2. The van der Waals surface area contributed by atoms with E-state index in [-0.39, 0.29) is 17.9 Å². The normalized spacial score (nSPS) is 29.8. The maximum absolute atomic E-state index is 12.6. The molecule has 0 spiro atoms. The van der Waals surface area contributed by atoms with Gasteiger partial charge in [-0.15, -0.1) is 0 Å². The summed E-state index contributed by atoms with van der Waals surface area (Å²) in [5, 5.41) is 6.32. The summed E-state index contributed by atoms with van der Waals surface area (Å²) in [7, 11) is 0. The first-order valence-corrected chi connectivity index (χ1v) is 10.1. The lowest BCUT2D eigenvalue weighted by Gasteiger charge is -2.38. The molecule has 2 saturated carbocycles. The first-order valence-electron chi connectivity index (χ1n) is 10.1. The van der Waals surface area contributed by atoms with Gasteiger partial charge in [-0.1, -0.05) is 19.8 Å².